The van der Waals surface area contributed by atoms with Crippen molar-refractivity contribution >= 4 is 10.0 Å². The van der Waals surface area contributed by atoms with Gasteiger partial charge in [0, 0.05) is 5.92 Å². The Labute approximate surface area is 128 Å². The lowest BCUT2D eigenvalue weighted by molar-refractivity contribution is -0.160. The van der Waals surface area contributed by atoms with Gasteiger partial charge in [-0.2, -0.15) is 17.9 Å². The maximum Gasteiger partial charge on any atom is 0.405 e. The molecule has 1 aromatic rings. The molecule has 0 radical (unpaired) electrons. The number of rotatable bonds is 4. The number of benzene rings is 1. The summed E-state index contributed by atoms with van der Waals surface area (Å²) in [4.78, 5) is -0.160. The third kappa shape index (κ3) is 4.10. The number of sulfonamides is 1. The molecule has 1 aromatic carbocycles. The van der Waals surface area contributed by atoms with Gasteiger partial charge in [0.05, 0.1) is 4.90 Å². The molecule has 0 aliphatic heterocycles. The van der Waals surface area contributed by atoms with Gasteiger partial charge in [0.2, 0.25) is 10.0 Å². The van der Waals surface area contributed by atoms with Crippen molar-refractivity contribution in [1.29, 1.82) is 0 Å². The fourth-order valence-corrected chi connectivity index (χ4v) is 3.74. The van der Waals surface area contributed by atoms with Crippen LogP contribution in [0.5, 0.6) is 0 Å². The predicted octanol–water partition coefficient (Wildman–Crippen LogP) is 3.56. The first-order valence-corrected chi connectivity index (χ1v) is 8.51. The molecule has 122 valence electrons. The largest absolute Gasteiger partial charge is 0.405 e. The van der Waals surface area contributed by atoms with Gasteiger partial charge in [-0.15, -0.1) is 0 Å². The normalized spacial score (nSPS) is 20.8. The predicted molar refractivity (Wildman–Crippen MR) is 77.8 cm³/mol. The van der Waals surface area contributed by atoms with E-state index < -0.39 is 28.2 Å². The van der Waals surface area contributed by atoms with Crippen molar-refractivity contribution in [3.05, 3.63) is 42.0 Å². The van der Waals surface area contributed by atoms with Crippen molar-refractivity contribution in [1.82, 2.24) is 4.72 Å². The van der Waals surface area contributed by atoms with Gasteiger partial charge in [-0.3, -0.25) is 0 Å². The maximum atomic E-state index is 13.3. The molecule has 0 saturated carbocycles. The Bertz CT molecular complexity index is 636. The number of hydrogen-bond acceptors (Lipinski definition) is 2. The molecule has 22 heavy (non-hydrogen) atoms. The van der Waals surface area contributed by atoms with Crippen molar-refractivity contribution in [3.63, 3.8) is 0 Å². The molecule has 0 spiro atoms. The summed E-state index contributed by atoms with van der Waals surface area (Å²) in [6.07, 6.45) is 0.166. The fraction of sp³-hybridized carbons (Fsp3) is 0.467. The van der Waals surface area contributed by atoms with E-state index in [0.717, 1.165) is 12.0 Å². The Morgan fingerprint density at radius 3 is 2.36 bits per heavy atom. The number of alkyl halides is 3. The lowest BCUT2D eigenvalue weighted by atomic mass is 9.89. The van der Waals surface area contributed by atoms with Crippen molar-refractivity contribution < 1.29 is 21.6 Å². The molecule has 1 aliphatic rings. The van der Waals surface area contributed by atoms with Crippen molar-refractivity contribution in [2.45, 2.75) is 43.3 Å². The summed E-state index contributed by atoms with van der Waals surface area (Å²) in [7, 11) is -4.21. The third-order valence-electron chi connectivity index (χ3n) is 3.69. The highest BCUT2D eigenvalue weighted by molar-refractivity contribution is 7.89. The lowest BCUT2D eigenvalue weighted by Gasteiger charge is -2.29. The Morgan fingerprint density at radius 2 is 1.86 bits per heavy atom. The quantitative estimate of drug-likeness (QED) is 0.857. The topological polar surface area (TPSA) is 46.2 Å². The van der Waals surface area contributed by atoms with Crippen molar-refractivity contribution in [3.8, 4) is 0 Å². The van der Waals surface area contributed by atoms with Gasteiger partial charge < -0.3 is 0 Å². The second-order valence-corrected chi connectivity index (χ2v) is 7.19. The van der Waals surface area contributed by atoms with Gasteiger partial charge in [-0.1, -0.05) is 29.8 Å². The van der Waals surface area contributed by atoms with Gasteiger partial charge in [0.15, 0.2) is 0 Å². The van der Waals surface area contributed by atoms with Crippen LogP contribution in [0, 0.1) is 12.8 Å². The molecular weight excluding hydrogens is 315 g/mol. The lowest BCUT2D eigenvalue weighted by Crippen LogP contribution is -2.49. The highest BCUT2D eigenvalue weighted by atomic mass is 32.2. The van der Waals surface area contributed by atoms with E-state index in [4.69, 9.17) is 0 Å². The van der Waals surface area contributed by atoms with E-state index >= 15 is 0 Å². The van der Waals surface area contributed by atoms with Crippen LogP contribution < -0.4 is 4.72 Å². The van der Waals surface area contributed by atoms with Crippen LogP contribution in [0.3, 0.4) is 0 Å². The summed E-state index contributed by atoms with van der Waals surface area (Å²) >= 11 is 0. The van der Waals surface area contributed by atoms with Gasteiger partial charge in [-0.25, -0.2) is 8.42 Å². The van der Waals surface area contributed by atoms with Crippen LogP contribution in [0.4, 0.5) is 13.2 Å². The molecule has 0 heterocycles. The molecule has 0 amide bonds. The first-order chi connectivity index (χ1) is 10.2. The summed E-state index contributed by atoms with van der Waals surface area (Å²) < 4.78 is 66.0. The minimum atomic E-state index is -4.63. The first-order valence-electron chi connectivity index (χ1n) is 7.02. The summed E-state index contributed by atoms with van der Waals surface area (Å²) in [6, 6.07) is 3.62. The zero-order valence-corrected chi connectivity index (χ0v) is 12.9. The minimum absolute atomic E-state index is 0.160. The average molecular weight is 333 g/mol. The van der Waals surface area contributed by atoms with Crippen LogP contribution in [-0.4, -0.2) is 20.6 Å². The molecule has 0 saturated heterocycles. The van der Waals surface area contributed by atoms with Crippen LogP contribution in [0.25, 0.3) is 0 Å². The van der Waals surface area contributed by atoms with Crippen LogP contribution in [0.2, 0.25) is 0 Å². The second-order valence-electron chi connectivity index (χ2n) is 5.48. The van der Waals surface area contributed by atoms with Gasteiger partial charge >= 0.3 is 6.18 Å². The van der Waals surface area contributed by atoms with Gasteiger partial charge in [-0.05, 0) is 38.3 Å². The number of halogens is 3. The minimum Gasteiger partial charge on any atom is -0.207 e. The Morgan fingerprint density at radius 1 is 1.23 bits per heavy atom. The highest BCUT2D eigenvalue weighted by Gasteiger charge is 2.46. The van der Waals surface area contributed by atoms with Crippen LogP contribution in [-0.2, 0) is 10.0 Å². The van der Waals surface area contributed by atoms with E-state index in [0.29, 0.717) is 12.8 Å². The molecule has 0 fully saturated rings. The average Bonchev–Trinajstić information content (AvgIpc) is 2.45. The van der Waals surface area contributed by atoms with Crippen LogP contribution in [0.1, 0.15) is 24.8 Å². The molecule has 2 unspecified atom stereocenters. The van der Waals surface area contributed by atoms with Gasteiger partial charge in [0.25, 0.3) is 0 Å². The van der Waals surface area contributed by atoms with Crippen molar-refractivity contribution in [2.24, 2.45) is 5.92 Å². The SMILES string of the molecule is Cc1ccc(S(=O)(=O)NC(C2C=CCCC2)C(F)(F)F)cc1. The Balaban J connectivity index is 2.28. The summed E-state index contributed by atoms with van der Waals surface area (Å²) in [5, 5.41) is 0. The molecule has 2 rings (SSSR count). The number of nitrogens with one attached hydrogen (secondary N) is 1. The molecule has 2 atom stereocenters. The standard InChI is InChI=1S/C15H18F3NO2S/c1-11-7-9-13(10-8-11)22(20,21)19-14(15(16,17)18)12-5-3-2-4-6-12/h3,5,7-10,12,14,19H,2,4,6H2,1H3. The molecule has 0 aromatic heterocycles. The molecule has 0 bridgehead atoms. The summed E-state index contributed by atoms with van der Waals surface area (Å²) in [6.45, 7) is 1.77. The second kappa shape index (κ2) is 6.42. The van der Waals surface area contributed by atoms with E-state index in [1.807, 2.05) is 4.72 Å². The molecular formula is C15H18F3NO2S. The Hall–Kier alpha value is -1.34. The number of aryl methyl sites for hydroxylation is 1. The van der Waals surface area contributed by atoms with E-state index in [9.17, 15) is 21.6 Å². The highest BCUT2D eigenvalue weighted by Crippen LogP contribution is 2.32. The molecule has 1 aliphatic carbocycles. The number of allylic oxidation sites excluding steroid dienone is 1. The smallest absolute Gasteiger partial charge is 0.207 e. The maximum absolute atomic E-state index is 13.3. The fourth-order valence-electron chi connectivity index (χ4n) is 2.47. The molecule has 3 nitrogen and oxygen atoms in total. The van der Waals surface area contributed by atoms with E-state index in [1.165, 1.54) is 18.2 Å². The van der Waals surface area contributed by atoms with E-state index in [1.54, 1.807) is 25.1 Å². The molecule has 1 N–H and O–H groups in total. The van der Waals surface area contributed by atoms with Gasteiger partial charge in [0.1, 0.15) is 6.04 Å². The molecule has 7 heteroatoms. The number of hydrogen-bond donors (Lipinski definition) is 1. The van der Waals surface area contributed by atoms with E-state index in [2.05, 4.69) is 0 Å². The Kier molecular flexibility index (Phi) is 4.97. The summed E-state index contributed by atoms with van der Waals surface area (Å²) in [5.41, 5.74) is 0.835. The zero-order chi connectivity index (χ0) is 16.4. The van der Waals surface area contributed by atoms with Crippen LogP contribution >= 0.6 is 0 Å². The monoisotopic (exact) mass is 333 g/mol. The third-order valence-corrected chi connectivity index (χ3v) is 5.14. The van der Waals surface area contributed by atoms with Crippen LogP contribution in [0.15, 0.2) is 41.3 Å². The summed E-state index contributed by atoms with van der Waals surface area (Å²) in [5.74, 6) is -0.867. The first kappa shape index (κ1) is 17.0. The zero-order valence-electron chi connectivity index (χ0n) is 12.1. The van der Waals surface area contributed by atoms with Crippen molar-refractivity contribution in [2.75, 3.05) is 0 Å². The van der Waals surface area contributed by atoms with E-state index in [-0.39, 0.29) is 4.90 Å².